The van der Waals surface area contributed by atoms with Crippen molar-refractivity contribution in [3.63, 3.8) is 0 Å². The second-order valence-electron chi connectivity index (χ2n) is 6.93. The van der Waals surface area contributed by atoms with Gasteiger partial charge in [-0.15, -0.1) is 0 Å². The van der Waals surface area contributed by atoms with Crippen molar-refractivity contribution in [2.45, 2.75) is 6.04 Å². The molecule has 1 unspecified atom stereocenters. The Labute approximate surface area is 174 Å². The molecule has 1 saturated heterocycles. The second-order valence-corrected chi connectivity index (χ2v) is 7.68. The fourth-order valence-electron chi connectivity index (χ4n) is 3.71. The van der Waals surface area contributed by atoms with Crippen LogP contribution in [0.4, 0.5) is 5.69 Å². The van der Waals surface area contributed by atoms with Crippen LogP contribution in [0.1, 0.15) is 11.7 Å². The van der Waals surface area contributed by atoms with Gasteiger partial charge in [0.05, 0.1) is 6.07 Å². The maximum atomic E-state index is 9.93. The molecule has 6 heteroatoms. The minimum atomic E-state index is -0.365. The van der Waals surface area contributed by atoms with Gasteiger partial charge < -0.3 is 9.47 Å². The lowest BCUT2D eigenvalue weighted by atomic mass is 10.1. The summed E-state index contributed by atoms with van der Waals surface area (Å²) in [6.45, 7) is 3.46. The predicted molar refractivity (Wildman–Crippen MR) is 115 cm³/mol. The maximum Gasteiger partial charge on any atom is 0.143 e. The molecule has 142 valence electrons. The highest BCUT2D eigenvalue weighted by molar-refractivity contribution is 9.10. The summed E-state index contributed by atoms with van der Waals surface area (Å²) < 4.78 is 2.87. The number of benzene rings is 2. The average molecular weight is 436 g/mol. The van der Waals surface area contributed by atoms with E-state index in [4.69, 9.17) is 4.98 Å². The Balaban J connectivity index is 1.55. The van der Waals surface area contributed by atoms with Crippen LogP contribution >= 0.6 is 15.9 Å². The highest BCUT2D eigenvalue weighted by atomic mass is 79.9. The van der Waals surface area contributed by atoms with E-state index in [0.29, 0.717) is 0 Å². The topological polar surface area (TPSA) is 48.1 Å². The molecule has 1 atom stereocenters. The number of halogens is 1. The molecule has 0 bridgehead atoms. The number of piperazine rings is 1. The summed E-state index contributed by atoms with van der Waals surface area (Å²) in [6, 6.07) is 22.6. The highest BCUT2D eigenvalue weighted by Crippen LogP contribution is 2.32. The van der Waals surface area contributed by atoms with Crippen molar-refractivity contribution in [1.29, 1.82) is 5.26 Å². The molecule has 0 radical (unpaired) electrons. The van der Waals surface area contributed by atoms with Crippen molar-refractivity contribution in [2.75, 3.05) is 31.1 Å². The van der Waals surface area contributed by atoms with Crippen molar-refractivity contribution >= 4 is 21.6 Å². The number of aromatic nitrogens is 2. The number of nitriles is 1. The number of para-hydroxylation sites is 1. The minimum Gasteiger partial charge on any atom is -0.369 e. The number of imidazole rings is 1. The van der Waals surface area contributed by atoms with Crippen molar-refractivity contribution in [3.8, 4) is 17.5 Å². The fourth-order valence-corrected chi connectivity index (χ4v) is 4.19. The van der Waals surface area contributed by atoms with Gasteiger partial charge in [-0.3, -0.25) is 4.90 Å². The molecule has 28 heavy (non-hydrogen) atoms. The molecule has 0 spiro atoms. The largest absolute Gasteiger partial charge is 0.369 e. The molecule has 2 aromatic carbocycles. The van der Waals surface area contributed by atoms with Crippen molar-refractivity contribution < 1.29 is 0 Å². The quantitative estimate of drug-likeness (QED) is 0.614. The molecule has 1 fully saturated rings. The zero-order valence-electron chi connectivity index (χ0n) is 15.8. The van der Waals surface area contributed by atoms with Crippen LogP contribution in [0, 0.1) is 11.3 Å². The summed E-state index contributed by atoms with van der Waals surface area (Å²) in [7, 11) is 1.98. The van der Waals surface area contributed by atoms with Crippen LogP contribution in [-0.2, 0) is 7.05 Å². The molecule has 0 saturated carbocycles. The van der Waals surface area contributed by atoms with Gasteiger partial charge in [0.1, 0.15) is 22.2 Å². The molecule has 1 aromatic heterocycles. The van der Waals surface area contributed by atoms with E-state index in [0.717, 1.165) is 47.9 Å². The fraction of sp³-hybridized carbons (Fsp3) is 0.273. The third-order valence-electron chi connectivity index (χ3n) is 5.26. The van der Waals surface area contributed by atoms with E-state index in [2.05, 4.69) is 56.1 Å². The normalized spacial score (nSPS) is 16.0. The Morgan fingerprint density at radius 1 is 0.964 bits per heavy atom. The van der Waals surface area contributed by atoms with E-state index >= 15 is 0 Å². The van der Waals surface area contributed by atoms with Crippen LogP contribution < -0.4 is 4.90 Å². The summed E-state index contributed by atoms with van der Waals surface area (Å²) in [6.07, 6.45) is 0. The van der Waals surface area contributed by atoms with Gasteiger partial charge in [-0.05, 0) is 28.1 Å². The van der Waals surface area contributed by atoms with Gasteiger partial charge in [-0.2, -0.15) is 5.26 Å². The SMILES string of the molecule is Cn1c(-c2ccccc2)nc(C(C#N)N2CCN(c3ccccc3)CC2)c1Br. The zero-order chi connectivity index (χ0) is 19.5. The number of anilines is 1. The molecule has 0 amide bonds. The van der Waals surface area contributed by atoms with Crippen LogP contribution in [0.3, 0.4) is 0 Å². The Morgan fingerprint density at radius 2 is 1.57 bits per heavy atom. The van der Waals surface area contributed by atoms with Gasteiger partial charge in [0.15, 0.2) is 0 Å². The van der Waals surface area contributed by atoms with E-state index in [1.54, 1.807) is 0 Å². The molecule has 3 aromatic rings. The van der Waals surface area contributed by atoms with Gasteiger partial charge >= 0.3 is 0 Å². The van der Waals surface area contributed by atoms with Gasteiger partial charge in [-0.25, -0.2) is 4.98 Å². The Bertz CT molecular complexity index is 969. The first-order chi connectivity index (χ1) is 13.7. The second kappa shape index (κ2) is 8.17. The van der Waals surface area contributed by atoms with Crippen LogP contribution in [0.5, 0.6) is 0 Å². The molecule has 4 rings (SSSR count). The summed E-state index contributed by atoms with van der Waals surface area (Å²) >= 11 is 3.67. The molecule has 0 aliphatic carbocycles. The Kier molecular flexibility index (Phi) is 5.47. The van der Waals surface area contributed by atoms with Gasteiger partial charge in [-0.1, -0.05) is 48.5 Å². The van der Waals surface area contributed by atoms with E-state index in [1.807, 2.05) is 48.0 Å². The lowest BCUT2D eigenvalue weighted by Gasteiger charge is -2.37. The summed E-state index contributed by atoms with van der Waals surface area (Å²) in [4.78, 5) is 9.43. The van der Waals surface area contributed by atoms with Crippen LogP contribution in [0.15, 0.2) is 65.3 Å². The standard InChI is InChI=1S/C22H22BrN5/c1-26-21(23)20(25-22(26)17-8-4-2-5-9-17)19(16-24)28-14-12-27(13-15-28)18-10-6-3-7-11-18/h2-11,19H,12-15H2,1H3. The summed E-state index contributed by atoms with van der Waals surface area (Å²) in [5.74, 6) is 0.866. The lowest BCUT2D eigenvalue weighted by molar-refractivity contribution is 0.219. The average Bonchev–Trinajstić information content (AvgIpc) is 3.05. The lowest BCUT2D eigenvalue weighted by Crippen LogP contribution is -2.47. The van der Waals surface area contributed by atoms with Crippen molar-refractivity contribution in [3.05, 3.63) is 71.0 Å². The van der Waals surface area contributed by atoms with E-state index in [1.165, 1.54) is 5.69 Å². The molecular weight excluding hydrogens is 414 g/mol. The van der Waals surface area contributed by atoms with Gasteiger partial charge in [0, 0.05) is 44.5 Å². The first kappa shape index (κ1) is 18.7. The number of hydrogen-bond donors (Lipinski definition) is 0. The number of rotatable bonds is 4. The molecule has 0 N–H and O–H groups in total. The van der Waals surface area contributed by atoms with E-state index in [-0.39, 0.29) is 6.04 Å². The van der Waals surface area contributed by atoms with E-state index < -0.39 is 0 Å². The first-order valence-corrected chi connectivity index (χ1v) is 10.2. The monoisotopic (exact) mass is 435 g/mol. The number of hydrogen-bond acceptors (Lipinski definition) is 4. The van der Waals surface area contributed by atoms with Crippen LogP contribution in [0.25, 0.3) is 11.4 Å². The number of nitrogens with zero attached hydrogens (tertiary/aromatic N) is 5. The Hall–Kier alpha value is -2.62. The van der Waals surface area contributed by atoms with Gasteiger partial charge in [0.25, 0.3) is 0 Å². The molecular formula is C22H22BrN5. The van der Waals surface area contributed by atoms with Crippen LogP contribution in [0.2, 0.25) is 0 Å². The van der Waals surface area contributed by atoms with E-state index in [9.17, 15) is 5.26 Å². The zero-order valence-corrected chi connectivity index (χ0v) is 17.4. The Morgan fingerprint density at radius 3 is 2.18 bits per heavy atom. The third-order valence-corrected chi connectivity index (χ3v) is 6.20. The third kappa shape index (κ3) is 3.56. The van der Waals surface area contributed by atoms with Crippen LogP contribution in [-0.4, -0.2) is 40.6 Å². The van der Waals surface area contributed by atoms with Crippen molar-refractivity contribution in [2.24, 2.45) is 7.05 Å². The van der Waals surface area contributed by atoms with Crippen molar-refractivity contribution in [1.82, 2.24) is 14.5 Å². The predicted octanol–water partition coefficient (Wildman–Crippen LogP) is 4.24. The molecule has 2 heterocycles. The molecule has 1 aliphatic rings. The highest BCUT2D eigenvalue weighted by Gasteiger charge is 2.30. The smallest absolute Gasteiger partial charge is 0.143 e. The van der Waals surface area contributed by atoms with Gasteiger partial charge in [0.2, 0.25) is 0 Å². The summed E-state index contributed by atoms with van der Waals surface area (Å²) in [5.41, 5.74) is 3.07. The first-order valence-electron chi connectivity index (χ1n) is 9.40. The molecule has 1 aliphatic heterocycles. The summed E-state index contributed by atoms with van der Waals surface area (Å²) in [5, 5.41) is 9.93. The minimum absolute atomic E-state index is 0.365. The molecule has 5 nitrogen and oxygen atoms in total. The maximum absolute atomic E-state index is 9.93.